The second-order valence-electron chi connectivity index (χ2n) is 7.22. The third kappa shape index (κ3) is 3.23. The lowest BCUT2D eigenvalue weighted by Crippen LogP contribution is -2.54. The molecule has 2 heterocycles. The Balaban J connectivity index is 1.53. The Labute approximate surface area is 164 Å². The molecule has 146 valence electrons. The number of likely N-dealkylation sites (N-methyl/N-ethyl adjacent to an activating group) is 1. The lowest BCUT2D eigenvalue weighted by molar-refractivity contribution is -0.147. The van der Waals surface area contributed by atoms with Gasteiger partial charge in [-0.05, 0) is 30.2 Å². The maximum Gasteiger partial charge on any atom is 0.250 e. The van der Waals surface area contributed by atoms with Crippen molar-refractivity contribution in [1.82, 2.24) is 9.80 Å². The molecule has 1 atom stereocenters. The minimum Gasteiger partial charge on any atom is -0.366 e. The molecule has 2 aromatic rings. The Hall–Kier alpha value is -2.89. The number of carbonyl (C=O) groups is 2. The molecule has 0 spiro atoms. The molecule has 2 amide bonds. The van der Waals surface area contributed by atoms with E-state index in [1.807, 2.05) is 42.2 Å². The van der Waals surface area contributed by atoms with Gasteiger partial charge in [-0.15, -0.1) is 0 Å². The molecule has 2 aromatic carbocycles. The third-order valence-corrected chi connectivity index (χ3v) is 5.68. The molecule has 1 fully saturated rings. The standard InChI is InChI=1S/C22H24FN3O2/c1-2-26-20(27)15-16-7-3-4-8-17(16)21(26)22(28)25-13-11-24(12-14-25)19-10-6-5-9-18(19)23/h3-10,21H,2,11-15H2,1H3/t21-/m1/s1. The van der Waals surface area contributed by atoms with Gasteiger partial charge in [0, 0.05) is 32.7 Å². The summed E-state index contributed by atoms with van der Waals surface area (Å²) in [6, 6.07) is 13.8. The molecular formula is C22H24FN3O2. The normalized spacial score (nSPS) is 19.6. The van der Waals surface area contributed by atoms with Crippen LogP contribution in [0.1, 0.15) is 24.1 Å². The number of piperazine rings is 1. The van der Waals surface area contributed by atoms with Gasteiger partial charge in [-0.25, -0.2) is 4.39 Å². The summed E-state index contributed by atoms with van der Waals surface area (Å²) in [6.07, 6.45) is 0.342. The van der Waals surface area contributed by atoms with Gasteiger partial charge in [0.15, 0.2) is 0 Å². The predicted octanol–water partition coefficient (Wildman–Crippen LogP) is 2.62. The van der Waals surface area contributed by atoms with Crippen molar-refractivity contribution >= 4 is 17.5 Å². The van der Waals surface area contributed by atoms with E-state index in [4.69, 9.17) is 0 Å². The van der Waals surface area contributed by atoms with Crippen molar-refractivity contribution in [1.29, 1.82) is 0 Å². The van der Waals surface area contributed by atoms with E-state index in [-0.39, 0.29) is 17.6 Å². The molecule has 0 unspecified atom stereocenters. The van der Waals surface area contributed by atoms with Crippen LogP contribution in [-0.2, 0) is 16.0 Å². The summed E-state index contributed by atoms with van der Waals surface area (Å²) in [7, 11) is 0. The van der Waals surface area contributed by atoms with Crippen molar-refractivity contribution in [2.75, 3.05) is 37.6 Å². The first kappa shape index (κ1) is 18.5. The van der Waals surface area contributed by atoms with Gasteiger partial charge in [0.1, 0.15) is 11.9 Å². The monoisotopic (exact) mass is 381 g/mol. The minimum absolute atomic E-state index is 0.00968. The Morgan fingerprint density at radius 3 is 2.43 bits per heavy atom. The van der Waals surface area contributed by atoms with Crippen molar-refractivity contribution < 1.29 is 14.0 Å². The lowest BCUT2D eigenvalue weighted by Gasteiger charge is -2.41. The number of amides is 2. The SMILES string of the molecule is CCN1C(=O)Cc2ccccc2[C@@H]1C(=O)N1CCN(c2ccccc2F)CC1. The van der Waals surface area contributed by atoms with Crippen LogP contribution in [0.25, 0.3) is 0 Å². The van der Waals surface area contributed by atoms with Crippen molar-refractivity contribution in [2.24, 2.45) is 0 Å². The Bertz CT molecular complexity index is 893. The van der Waals surface area contributed by atoms with Gasteiger partial charge in [-0.1, -0.05) is 36.4 Å². The van der Waals surface area contributed by atoms with Crippen LogP contribution in [0, 0.1) is 5.82 Å². The summed E-state index contributed by atoms with van der Waals surface area (Å²) < 4.78 is 14.1. The van der Waals surface area contributed by atoms with E-state index in [2.05, 4.69) is 0 Å². The lowest BCUT2D eigenvalue weighted by atomic mass is 9.91. The minimum atomic E-state index is -0.567. The molecule has 0 radical (unpaired) electrons. The van der Waals surface area contributed by atoms with Crippen LogP contribution in [0.3, 0.4) is 0 Å². The number of halogens is 1. The summed E-state index contributed by atoms with van der Waals surface area (Å²) in [5.74, 6) is -0.300. The van der Waals surface area contributed by atoms with E-state index in [1.165, 1.54) is 6.07 Å². The van der Waals surface area contributed by atoms with Crippen molar-refractivity contribution in [2.45, 2.75) is 19.4 Å². The molecule has 0 bridgehead atoms. The zero-order chi connectivity index (χ0) is 19.7. The van der Waals surface area contributed by atoms with Gasteiger partial charge in [0.05, 0.1) is 12.1 Å². The summed E-state index contributed by atoms with van der Waals surface area (Å²) in [4.78, 5) is 31.4. The molecule has 28 heavy (non-hydrogen) atoms. The molecule has 0 aliphatic carbocycles. The van der Waals surface area contributed by atoms with Gasteiger partial charge < -0.3 is 14.7 Å². The summed E-state index contributed by atoms with van der Waals surface area (Å²) >= 11 is 0. The Morgan fingerprint density at radius 1 is 1.04 bits per heavy atom. The summed E-state index contributed by atoms with van der Waals surface area (Å²) in [5, 5.41) is 0. The molecule has 2 aliphatic heterocycles. The first-order chi connectivity index (χ1) is 13.6. The number of para-hydroxylation sites is 1. The van der Waals surface area contributed by atoms with Crippen LogP contribution < -0.4 is 4.90 Å². The van der Waals surface area contributed by atoms with Crippen molar-refractivity contribution in [3.63, 3.8) is 0 Å². The van der Waals surface area contributed by atoms with E-state index in [0.29, 0.717) is 44.8 Å². The summed E-state index contributed by atoms with van der Waals surface area (Å²) in [6.45, 7) is 4.57. The maximum absolute atomic E-state index is 14.1. The highest BCUT2D eigenvalue weighted by Crippen LogP contribution is 2.32. The molecule has 1 saturated heterocycles. The van der Waals surface area contributed by atoms with Crippen LogP contribution in [0.2, 0.25) is 0 Å². The average Bonchev–Trinajstić information content (AvgIpc) is 2.73. The van der Waals surface area contributed by atoms with Crippen molar-refractivity contribution in [3.8, 4) is 0 Å². The third-order valence-electron chi connectivity index (χ3n) is 5.68. The molecule has 6 heteroatoms. The van der Waals surface area contributed by atoms with Gasteiger partial charge in [-0.3, -0.25) is 9.59 Å². The fraction of sp³-hybridized carbons (Fsp3) is 0.364. The quantitative estimate of drug-likeness (QED) is 0.821. The molecule has 4 rings (SSSR count). The largest absolute Gasteiger partial charge is 0.366 e. The number of anilines is 1. The first-order valence-corrected chi connectivity index (χ1v) is 9.75. The number of nitrogens with zero attached hydrogens (tertiary/aromatic N) is 3. The highest BCUT2D eigenvalue weighted by molar-refractivity contribution is 5.92. The fourth-order valence-corrected chi connectivity index (χ4v) is 4.21. The van der Waals surface area contributed by atoms with Gasteiger partial charge in [0.25, 0.3) is 0 Å². The second kappa shape index (κ2) is 7.62. The molecular weight excluding hydrogens is 357 g/mol. The zero-order valence-corrected chi connectivity index (χ0v) is 16.0. The Kier molecular flexibility index (Phi) is 5.03. The highest BCUT2D eigenvalue weighted by Gasteiger charge is 2.39. The highest BCUT2D eigenvalue weighted by atomic mass is 19.1. The molecule has 2 aliphatic rings. The van der Waals surface area contributed by atoms with Crippen LogP contribution in [-0.4, -0.2) is 54.3 Å². The number of hydrogen-bond acceptors (Lipinski definition) is 3. The predicted molar refractivity (Wildman–Crippen MR) is 105 cm³/mol. The second-order valence-corrected chi connectivity index (χ2v) is 7.22. The van der Waals surface area contributed by atoms with E-state index in [0.717, 1.165) is 11.1 Å². The molecule has 0 saturated carbocycles. The number of fused-ring (bicyclic) bond motifs is 1. The number of carbonyl (C=O) groups excluding carboxylic acids is 2. The molecule has 0 N–H and O–H groups in total. The number of hydrogen-bond donors (Lipinski definition) is 0. The number of benzene rings is 2. The van der Waals surface area contributed by atoms with E-state index < -0.39 is 6.04 Å². The van der Waals surface area contributed by atoms with Crippen LogP contribution in [0.4, 0.5) is 10.1 Å². The number of rotatable bonds is 3. The van der Waals surface area contributed by atoms with Crippen LogP contribution in [0.5, 0.6) is 0 Å². The molecule has 0 aromatic heterocycles. The zero-order valence-electron chi connectivity index (χ0n) is 16.0. The smallest absolute Gasteiger partial charge is 0.250 e. The van der Waals surface area contributed by atoms with Gasteiger partial charge in [0.2, 0.25) is 11.8 Å². The van der Waals surface area contributed by atoms with Crippen LogP contribution in [0.15, 0.2) is 48.5 Å². The van der Waals surface area contributed by atoms with Crippen molar-refractivity contribution in [3.05, 3.63) is 65.5 Å². The molecule has 5 nitrogen and oxygen atoms in total. The van der Waals surface area contributed by atoms with E-state index in [1.54, 1.807) is 21.9 Å². The van der Waals surface area contributed by atoms with Gasteiger partial charge in [-0.2, -0.15) is 0 Å². The van der Waals surface area contributed by atoms with Gasteiger partial charge >= 0.3 is 0 Å². The topological polar surface area (TPSA) is 43.9 Å². The first-order valence-electron chi connectivity index (χ1n) is 9.75. The fourth-order valence-electron chi connectivity index (χ4n) is 4.21. The van der Waals surface area contributed by atoms with E-state index in [9.17, 15) is 14.0 Å². The summed E-state index contributed by atoms with van der Waals surface area (Å²) in [5.41, 5.74) is 2.42. The van der Waals surface area contributed by atoms with E-state index >= 15 is 0 Å². The van der Waals surface area contributed by atoms with Crippen LogP contribution >= 0.6 is 0 Å². The average molecular weight is 381 g/mol. The Morgan fingerprint density at radius 2 is 1.71 bits per heavy atom. The maximum atomic E-state index is 14.1.